The van der Waals surface area contributed by atoms with E-state index in [-0.39, 0.29) is 18.2 Å². The molecule has 6 nitrogen and oxygen atoms in total. The summed E-state index contributed by atoms with van der Waals surface area (Å²) in [7, 11) is -5.88. The first-order valence-corrected chi connectivity index (χ1v) is 18.1. The van der Waals surface area contributed by atoms with Gasteiger partial charge < -0.3 is 17.7 Å². The highest BCUT2D eigenvalue weighted by Gasteiger charge is 2.66. The van der Waals surface area contributed by atoms with Crippen LogP contribution in [0, 0.1) is 0 Å². The molecule has 0 aromatic carbocycles. The molecule has 2 atom stereocenters. The van der Waals surface area contributed by atoms with E-state index in [9.17, 15) is 35.9 Å². The minimum Gasteiger partial charge on any atom is -0.463 e. The van der Waals surface area contributed by atoms with Gasteiger partial charge in [0.15, 0.2) is 16.6 Å². The summed E-state index contributed by atoms with van der Waals surface area (Å²) in [6.07, 6.45) is -10.0. The van der Waals surface area contributed by atoms with E-state index in [4.69, 9.17) is 13.0 Å². The Balaban J connectivity index is 4.82. The highest BCUT2D eigenvalue weighted by molar-refractivity contribution is 6.81. The Morgan fingerprint density at radius 3 is 1.72 bits per heavy atom. The van der Waals surface area contributed by atoms with Gasteiger partial charge in [0, 0.05) is 12.2 Å². The van der Waals surface area contributed by atoms with Gasteiger partial charge in [-0.3, -0.25) is 0 Å². The van der Waals surface area contributed by atoms with Crippen molar-refractivity contribution in [2.45, 2.75) is 76.6 Å². The molecule has 0 bridgehead atoms. The fourth-order valence-corrected chi connectivity index (χ4v) is 10.5. The number of esters is 2. The minimum absolute atomic E-state index is 0.0415. The summed E-state index contributed by atoms with van der Waals surface area (Å²) in [6, 6.07) is 0. The Morgan fingerprint density at radius 1 is 0.906 bits per heavy atom. The van der Waals surface area contributed by atoms with Crippen molar-refractivity contribution in [3.63, 3.8) is 0 Å². The fourth-order valence-electron chi connectivity index (χ4n) is 2.03. The fraction of sp³-hybridized carbons (Fsp3) is 0.765. The maximum absolute atomic E-state index is 13.3. The van der Waals surface area contributed by atoms with Crippen molar-refractivity contribution < 1.29 is 53.6 Å². The van der Waals surface area contributed by atoms with Crippen molar-refractivity contribution in [2.75, 3.05) is 6.61 Å². The van der Waals surface area contributed by atoms with Crippen LogP contribution in [0.25, 0.3) is 0 Å². The van der Waals surface area contributed by atoms with Crippen molar-refractivity contribution in [2.24, 2.45) is 0 Å². The Kier molecular flexibility index (Phi) is 11.4. The molecule has 188 valence electrons. The number of halogens is 6. The molecule has 0 aromatic heterocycles. The van der Waals surface area contributed by atoms with Crippen LogP contribution in [0.1, 0.15) is 13.3 Å². The Morgan fingerprint density at radius 2 is 1.34 bits per heavy atom. The summed E-state index contributed by atoms with van der Waals surface area (Å²) in [5.74, 6) is -8.74. The molecule has 32 heavy (non-hydrogen) atoms. The molecular formula is C17H30F6O6Si3. The van der Waals surface area contributed by atoms with Gasteiger partial charge in [-0.15, -0.1) is 0 Å². The van der Waals surface area contributed by atoms with Gasteiger partial charge in [-0.1, -0.05) is 6.92 Å². The normalized spacial score (nSPS) is 16.3. The van der Waals surface area contributed by atoms with E-state index >= 15 is 0 Å². The summed E-state index contributed by atoms with van der Waals surface area (Å²) < 4.78 is 95.5. The van der Waals surface area contributed by atoms with Crippen molar-refractivity contribution in [3.05, 3.63) is 12.2 Å². The van der Waals surface area contributed by atoms with Crippen LogP contribution < -0.4 is 0 Å². The maximum Gasteiger partial charge on any atom is 0.466 e. The first-order chi connectivity index (χ1) is 14.2. The van der Waals surface area contributed by atoms with E-state index in [0.717, 1.165) is 0 Å². The number of hydrogen-bond acceptors (Lipinski definition) is 6. The first-order valence-electron chi connectivity index (χ1n) is 9.65. The molecule has 0 saturated heterocycles. The van der Waals surface area contributed by atoms with Gasteiger partial charge in [0.25, 0.3) is 0 Å². The number of alkyl halides is 6. The van der Waals surface area contributed by atoms with E-state index < -0.39 is 56.3 Å². The third kappa shape index (κ3) is 11.6. The smallest absolute Gasteiger partial charge is 0.463 e. The molecule has 0 aromatic rings. The van der Waals surface area contributed by atoms with Gasteiger partial charge in [0.2, 0.25) is 0 Å². The predicted molar refractivity (Wildman–Crippen MR) is 112 cm³/mol. The number of carbonyl (C=O) groups excluding carboxylic acids is 2. The molecule has 0 N–H and O–H groups in total. The molecule has 0 rings (SSSR count). The minimum atomic E-state index is -6.16. The molecule has 0 saturated carbocycles. The van der Waals surface area contributed by atoms with Crippen molar-refractivity contribution >= 4 is 37.9 Å². The molecule has 0 aliphatic heterocycles. The topological polar surface area (TPSA) is 71.1 Å². The lowest BCUT2D eigenvalue weighted by Crippen LogP contribution is -2.50. The molecule has 0 radical (unpaired) electrons. The van der Waals surface area contributed by atoms with E-state index in [1.165, 1.54) is 0 Å². The van der Waals surface area contributed by atoms with Gasteiger partial charge in [0.1, 0.15) is 0 Å². The van der Waals surface area contributed by atoms with Crippen LogP contribution in [0.4, 0.5) is 26.3 Å². The highest BCUT2D eigenvalue weighted by Crippen LogP contribution is 2.40. The van der Waals surface area contributed by atoms with Crippen LogP contribution in [-0.4, -0.2) is 62.9 Å². The van der Waals surface area contributed by atoms with Crippen LogP contribution in [0.15, 0.2) is 12.2 Å². The molecule has 0 aliphatic carbocycles. The van der Waals surface area contributed by atoms with Crippen LogP contribution in [0.5, 0.6) is 0 Å². The van der Waals surface area contributed by atoms with Gasteiger partial charge in [-0.05, 0) is 51.2 Å². The van der Waals surface area contributed by atoms with Crippen molar-refractivity contribution in [3.8, 4) is 0 Å². The Hall–Kier alpha value is -1.17. The first kappa shape index (κ1) is 30.8. The monoisotopic (exact) mass is 528 g/mol. The largest absolute Gasteiger partial charge is 0.466 e. The number of rotatable bonds is 12. The molecule has 0 fully saturated rings. The lowest BCUT2D eigenvalue weighted by molar-refractivity contribution is -0.354. The van der Waals surface area contributed by atoms with Crippen LogP contribution in [0.3, 0.4) is 0 Å². The van der Waals surface area contributed by atoms with Crippen LogP contribution >= 0.6 is 0 Å². The Labute approximate surface area is 187 Å². The summed E-state index contributed by atoms with van der Waals surface area (Å²) in [4.78, 5) is 22.9. The number of carbonyl (C=O) groups is 2. The van der Waals surface area contributed by atoms with Crippen LogP contribution in [0.2, 0.25) is 44.8 Å². The molecule has 0 heterocycles. The second kappa shape index (κ2) is 11.8. The summed E-state index contributed by atoms with van der Waals surface area (Å²) in [5, 5.41) is 0. The van der Waals surface area contributed by atoms with Gasteiger partial charge in [0.05, 0.1) is 6.61 Å². The average Bonchev–Trinajstić information content (AvgIpc) is 2.55. The van der Waals surface area contributed by atoms with E-state index in [1.807, 2.05) is 46.2 Å². The third-order valence-corrected chi connectivity index (χ3v) is 12.3. The lowest BCUT2D eigenvalue weighted by atomic mass is 10.3. The van der Waals surface area contributed by atoms with E-state index in [1.54, 1.807) is 0 Å². The van der Waals surface area contributed by atoms with Gasteiger partial charge in [-0.2, -0.15) is 17.6 Å². The number of hydrogen-bond donors (Lipinski definition) is 0. The Bertz CT molecular complexity index is 647. The SMILES string of the molecule is CC(CCOC(=O)C=CC(=O)OC(F)(C(F)F)C(F)(F)F)[SiH](O[Si](C)(C)C)O[Si](C)(C)C. The maximum atomic E-state index is 13.3. The van der Waals surface area contributed by atoms with Gasteiger partial charge in [-0.25, -0.2) is 18.4 Å². The third-order valence-electron chi connectivity index (χ3n) is 3.49. The molecule has 0 spiro atoms. The average molecular weight is 529 g/mol. The van der Waals surface area contributed by atoms with Crippen LogP contribution in [-0.2, 0) is 27.3 Å². The van der Waals surface area contributed by atoms with E-state index in [0.29, 0.717) is 12.5 Å². The molecule has 15 heteroatoms. The second-order valence-electron chi connectivity index (χ2n) is 8.96. The summed E-state index contributed by atoms with van der Waals surface area (Å²) in [6.45, 7) is 13.9. The molecule has 2 unspecified atom stereocenters. The zero-order chi connectivity index (χ0) is 25.5. The summed E-state index contributed by atoms with van der Waals surface area (Å²) in [5.41, 5.74) is -0.0415. The zero-order valence-electron chi connectivity index (χ0n) is 19.0. The quantitative estimate of drug-likeness (QED) is 0.156. The molecule has 0 aliphatic rings. The van der Waals surface area contributed by atoms with Gasteiger partial charge >= 0.3 is 39.7 Å². The van der Waals surface area contributed by atoms with Crippen molar-refractivity contribution in [1.29, 1.82) is 0 Å². The summed E-state index contributed by atoms with van der Waals surface area (Å²) >= 11 is 0. The lowest BCUT2D eigenvalue weighted by Gasteiger charge is -2.33. The van der Waals surface area contributed by atoms with E-state index in [2.05, 4.69) is 4.74 Å². The molecular weight excluding hydrogens is 498 g/mol. The number of ether oxygens (including phenoxy) is 2. The highest BCUT2D eigenvalue weighted by atomic mass is 28.4. The predicted octanol–water partition coefficient (Wildman–Crippen LogP) is 4.83. The van der Waals surface area contributed by atoms with Crippen molar-refractivity contribution in [1.82, 2.24) is 0 Å². The zero-order valence-corrected chi connectivity index (χ0v) is 22.2. The second-order valence-corrected chi connectivity index (χ2v) is 21.2. The standard InChI is InChI=1S/C17H30F6O6Si3/c1-12(30(28-31(2,3)4)29-32(5,6)7)10-11-26-13(24)8-9-14(25)27-16(20,15(18)19)17(21,22)23/h8-9,12,15,30H,10-11H2,1-7H3. The molecule has 0 amide bonds.